The Morgan fingerprint density at radius 2 is 2.56 bits per heavy atom. The van der Waals surface area contributed by atoms with Crippen LogP contribution in [0.1, 0.15) is 4.88 Å². The SMILES string of the molecule is N=C1NCC[N+]1(Cc1cnc(Cl)s1)[N+](=O)O. The van der Waals surface area contributed by atoms with E-state index < -0.39 is 4.59 Å². The van der Waals surface area contributed by atoms with Crippen LogP contribution in [0.4, 0.5) is 0 Å². The lowest BCUT2D eigenvalue weighted by Gasteiger charge is -2.13. The topological polar surface area (TPSA) is 89.1 Å². The lowest BCUT2D eigenvalue weighted by atomic mass is 10.4. The normalized spacial score (nSPS) is 24.4. The first-order valence-corrected chi connectivity index (χ1v) is 5.71. The molecule has 0 bridgehead atoms. The van der Waals surface area contributed by atoms with Gasteiger partial charge in [-0.25, -0.2) is 10.4 Å². The van der Waals surface area contributed by atoms with Crippen LogP contribution >= 0.6 is 22.9 Å². The number of guanidine groups is 1. The monoisotopic (exact) mass is 263 g/mol. The van der Waals surface area contributed by atoms with Gasteiger partial charge in [0.1, 0.15) is 4.91 Å². The predicted octanol–water partition coefficient (Wildman–Crippen LogP) is 0.734. The summed E-state index contributed by atoms with van der Waals surface area (Å²) in [5.74, 6) is -0.0259. The Hall–Kier alpha value is -1.25. The third-order valence-electron chi connectivity index (χ3n) is 2.46. The van der Waals surface area contributed by atoms with Crippen molar-refractivity contribution in [1.29, 1.82) is 5.41 Å². The highest BCUT2D eigenvalue weighted by Crippen LogP contribution is 2.24. The zero-order valence-electron chi connectivity index (χ0n) is 8.18. The Bertz CT molecular complexity index is 450. The Morgan fingerprint density at radius 1 is 1.81 bits per heavy atom. The van der Waals surface area contributed by atoms with Crippen molar-refractivity contribution in [3.63, 3.8) is 0 Å². The summed E-state index contributed by atoms with van der Waals surface area (Å²) in [7, 11) is 0. The molecule has 3 N–H and O–H groups in total. The van der Waals surface area contributed by atoms with Crippen molar-refractivity contribution in [1.82, 2.24) is 10.3 Å². The van der Waals surface area contributed by atoms with E-state index in [2.05, 4.69) is 10.3 Å². The molecular weight excluding hydrogens is 254 g/mol. The number of hydrogen-bond acceptors (Lipinski definition) is 4. The van der Waals surface area contributed by atoms with Gasteiger partial charge in [-0.05, 0) is 0 Å². The molecule has 2 heterocycles. The van der Waals surface area contributed by atoms with Gasteiger partial charge in [0.05, 0.1) is 16.0 Å². The van der Waals surface area contributed by atoms with E-state index in [4.69, 9.17) is 22.2 Å². The molecule has 86 valence electrons. The molecule has 0 amide bonds. The number of nitrogens with zero attached hydrogens (tertiary/aromatic N) is 3. The Kier molecular flexibility index (Phi) is 2.78. The van der Waals surface area contributed by atoms with Crippen LogP contribution in [-0.4, -0.2) is 38.9 Å². The maximum absolute atomic E-state index is 11.2. The predicted molar refractivity (Wildman–Crippen MR) is 57.1 cm³/mol. The van der Waals surface area contributed by atoms with Gasteiger partial charge in [0.25, 0.3) is 0 Å². The fraction of sp³-hybridized carbons (Fsp3) is 0.429. The lowest BCUT2D eigenvalue weighted by molar-refractivity contribution is -1.37. The van der Waals surface area contributed by atoms with Crippen molar-refractivity contribution in [2.45, 2.75) is 6.54 Å². The minimum Gasteiger partial charge on any atom is -0.314 e. The molecule has 0 radical (unpaired) electrons. The first-order chi connectivity index (χ1) is 7.54. The van der Waals surface area contributed by atoms with Gasteiger partial charge < -0.3 is 5.32 Å². The molecule has 1 atom stereocenters. The number of quaternary nitrogens is 1. The number of thiazole rings is 1. The van der Waals surface area contributed by atoms with Crippen molar-refractivity contribution >= 4 is 28.9 Å². The third-order valence-corrected chi connectivity index (χ3v) is 3.56. The highest BCUT2D eigenvalue weighted by molar-refractivity contribution is 7.15. The first-order valence-electron chi connectivity index (χ1n) is 4.51. The minimum absolute atomic E-state index is 0.0259. The zero-order chi connectivity index (χ0) is 11.8. The van der Waals surface area contributed by atoms with Gasteiger partial charge in [-0.15, -0.1) is 11.3 Å². The van der Waals surface area contributed by atoms with E-state index >= 15 is 0 Å². The summed E-state index contributed by atoms with van der Waals surface area (Å²) in [6.45, 7) is 0.981. The zero-order valence-corrected chi connectivity index (χ0v) is 9.75. The Labute approximate surface area is 99.9 Å². The van der Waals surface area contributed by atoms with E-state index in [-0.39, 0.29) is 17.5 Å². The smallest absolute Gasteiger partial charge is 0.314 e. The van der Waals surface area contributed by atoms with Crippen molar-refractivity contribution in [2.24, 2.45) is 0 Å². The molecule has 1 fully saturated rings. The molecule has 7 nitrogen and oxygen atoms in total. The van der Waals surface area contributed by atoms with E-state index in [1.807, 2.05) is 0 Å². The molecule has 1 saturated heterocycles. The second-order valence-corrected chi connectivity index (χ2v) is 5.11. The molecule has 1 aromatic heterocycles. The third kappa shape index (κ3) is 1.75. The molecule has 1 aliphatic rings. The van der Waals surface area contributed by atoms with Gasteiger partial charge in [-0.3, -0.25) is 0 Å². The number of hydrogen-bond donors (Lipinski definition) is 3. The second-order valence-electron chi connectivity index (χ2n) is 3.41. The minimum atomic E-state index is -0.488. The fourth-order valence-corrected chi connectivity index (χ4v) is 2.67. The largest absolute Gasteiger partial charge is 0.437 e. The Balaban J connectivity index is 2.28. The van der Waals surface area contributed by atoms with Crippen LogP contribution in [0.15, 0.2) is 6.20 Å². The number of nitrogens with one attached hydrogen (secondary N) is 2. The molecule has 1 aromatic rings. The molecule has 0 aromatic carbocycles. The van der Waals surface area contributed by atoms with Gasteiger partial charge in [0.2, 0.25) is 0 Å². The van der Waals surface area contributed by atoms with Gasteiger partial charge in [-0.1, -0.05) is 11.6 Å². The molecule has 1 unspecified atom stereocenters. The van der Waals surface area contributed by atoms with E-state index in [0.29, 0.717) is 17.6 Å². The summed E-state index contributed by atoms with van der Waals surface area (Å²) in [6, 6.07) is 0. The quantitative estimate of drug-likeness (QED) is 0.554. The number of halogens is 1. The van der Waals surface area contributed by atoms with Gasteiger partial charge in [-0.2, -0.15) is 5.21 Å². The van der Waals surface area contributed by atoms with Crippen molar-refractivity contribution in [2.75, 3.05) is 13.1 Å². The second kappa shape index (κ2) is 3.96. The molecule has 2 rings (SSSR count). The average molecular weight is 264 g/mol. The molecule has 0 aliphatic carbocycles. The molecule has 0 saturated carbocycles. The maximum Gasteiger partial charge on any atom is 0.437 e. The lowest BCUT2D eigenvalue weighted by Crippen LogP contribution is -2.55. The highest BCUT2D eigenvalue weighted by atomic mass is 35.5. The highest BCUT2D eigenvalue weighted by Gasteiger charge is 2.55. The first kappa shape index (κ1) is 11.2. The van der Waals surface area contributed by atoms with Gasteiger partial charge in [0, 0.05) is 6.20 Å². The van der Waals surface area contributed by atoms with Crippen LogP contribution in [0.25, 0.3) is 0 Å². The standard InChI is InChI=1S/C7H10ClN5O2S/c8-6-11-3-5(16-6)4-13(12(14)15)2-1-10-7(13)9/h3H,1-2,4H2,(H2,9,10)(H,14,15)/q+2. The van der Waals surface area contributed by atoms with Crippen LogP contribution < -0.4 is 5.32 Å². The van der Waals surface area contributed by atoms with Crippen molar-refractivity contribution in [3.05, 3.63) is 20.4 Å². The van der Waals surface area contributed by atoms with Gasteiger partial charge >= 0.3 is 11.0 Å². The van der Waals surface area contributed by atoms with Crippen LogP contribution in [0.3, 0.4) is 0 Å². The summed E-state index contributed by atoms with van der Waals surface area (Å²) in [5.41, 5.74) is 0. The molecular formula is C7H10ClN5O2S+2. The molecule has 0 spiro atoms. The van der Waals surface area contributed by atoms with E-state index in [9.17, 15) is 4.91 Å². The summed E-state index contributed by atoms with van der Waals surface area (Å²) >= 11 is 6.91. The fourth-order valence-electron chi connectivity index (χ4n) is 1.62. The van der Waals surface area contributed by atoms with Crippen LogP contribution in [0.5, 0.6) is 0 Å². The molecule has 9 heteroatoms. The van der Waals surface area contributed by atoms with E-state index in [1.165, 1.54) is 11.3 Å². The Morgan fingerprint density at radius 3 is 3.00 bits per heavy atom. The number of rotatable bonds is 3. The maximum atomic E-state index is 11.2. The van der Waals surface area contributed by atoms with E-state index in [1.54, 1.807) is 6.20 Å². The molecule has 16 heavy (non-hydrogen) atoms. The summed E-state index contributed by atoms with van der Waals surface area (Å²) in [6.07, 6.45) is 1.54. The van der Waals surface area contributed by atoms with Crippen LogP contribution in [0.2, 0.25) is 4.47 Å². The van der Waals surface area contributed by atoms with Crippen molar-refractivity contribution in [3.8, 4) is 0 Å². The summed E-state index contributed by atoms with van der Waals surface area (Å²) in [5, 5.41) is 19.3. The summed E-state index contributed by atoms with van der Waals surface area (Å²) in [4.78, 5) is 15.8. The summed E-state index contributed by atoms with van der Waals surface area (Å²) < 4.78 is -0.111. The van der Waals surface area contributed by atoms with Crippen LogP contribution in [0, 0.1) is 10.3 Å². The molecule has 1 aliphatic heterocycles. The van der Waals surface area contributed by atoms with E-state index in [0.717, 1.165) is 4.88 Å². The van der Waals surface area contributed by atoms with Crippen molar-refractivity contribution < 1.29 is 14.8 Å². The van der Waals surface area contributed by atoms with Crippen LogP contribution in [-0.2, 0) is 6.54 Å². The van der Waals surface area contributed by atoms with Gasteiger partial charge in [0.15, 0.2) is 17.6 Å². The number of aromatic nitrogens is 1. The average Bonchev–Trinajstić information content (AvgIpc) is 2.76.